The van der Waals surface area contributed by atoms with Crippen LogP contribution in [0, 0.1) is 0 Å². The molecule has 3 rings (SSSR count). The summed E-state index contributed by atoms with van der Waals surface area (Å²) in [5, 5.41) is 0. The zero-order chi connectivity index (χ0) is 22.9. The van der Waals surface area contributed by atoms with Crippen LogP contribution in [0.5, 0.6) is 0 Å². The summed E-state index contributed by atoms with van der Waals surface area (Å²) in [5.41, 5.74) is 35.5. The molecule has 3 aromatic carbocycles. The third-order valence-electron chi connectivity index (χ3n) is 4.28. The summed E-state index contributed by atoms with van der Waals surface area (Å²) in [6.45, 7) is 0. The molecule has 10 nitrogen and oxygen atoms in total. The van der Waals surface area contributed by atoms with Gasteiger partial charge in [-0.3, -0.25) is 14.4 Å². The second kappa shape index (κ2) is 7.95. The first kappa shape index (κ1) is 21.0. The Bertz CT molecular complexity index is 1010. The lowest BCUT2D eigenvalue weighted by Gasteiger charge is -2.20. The summed E-state index contributed by atoms with van der Waals surface area (Å²) < 4.78 is 0. The molecule has 3 aromatic rings. The molecule has 0 saturated heterocycles. The van der Waals surface area contributed by atoms with E-state index in [-0.39, 0.29) is 50.8 Å². The number of benzene rings is 3. The van der Waals surface area contributed by atoms with Gasteiger partial charge in [-0.2, -0.15) is 0 Å². The summed E-state index contributed by atoms with van der Waals surface area (Å²) in [7, 11) is 0. The summed E-state index contributed by atoms with van der Waals surface area (Å²) in [5.74, 6) is -2.84. The zero-order valence-electron chi connectivity index (χ0n) is 16.3. The highest BCUT2D eigenvalue weighted by molar-refractivity contribution is 6.24. The standard InChI is InChI=1S/C21H21N7O3/c22-13-1-10(2-14(23)7-13)19(29)28(20(30)11-3-15(24)8-16(25)4-11)21(31)12-5-17(26)9-18(27)6-12/h1-9H,22-27H2. The fourth-order valence-electron chi connectivity index (χ4n) is 3.06. The van der Waals surface area contributed by atoms with Gasteiger partial charge in [-0.05, 0) is 54.6 Å². The molecule has 3 amide bonds. The van der Waals surface area contributed by atoms with Gasteiger partial charge in [0.25, 0.3) is 17.7 Å². The molecule has 12 N–H and O–H groups in total. The number of nitrogens with two attached hydrogens (primary N) is 6. The molecule has 0 spiro atoms. The highest BCUT2D eigenvalue weighted by Crippen LogP contribution is 2.23. The number of amides is 3. The van der Waals surface area contributed by atoms with Gasteiger partial charge in [0.15, 0.2) is 0 Å². The van der Waals surface area contributed by atoms with E-state index >= 15 is 0 Å². The third-order valence-corrected chi connectivity index (χ3v) is 4.28. The summed E-state index contributed by atoms with van der Waals surface area (Å²) >= 11 is 0. The van der Waals surface area contributed by atoms with E-state index in [0.717, 1.165) is 0 Å². The Balaban J connectivity index is 2.15. The van der Waals surface area contributed by atoms with Crippen LogP contribution in [0.25, 0.3) is 0 Å². The van der Waals surface area contributed by atoms with E-state index in [1.54, 1.807) is 0 Å². The fourth-order valence-corrected chi connectivity index (χ4v) is 3.06. The Kier molecular flexibility index (Phi) is 5.38. The molecule has 0 unspecified atom stereocenters. The van der Waals surface area contributed by atoms with E-state index in [9.17, 15) is 14.4 Å². The smallest absolute Gasteiger partial charge is 0.268 e. The van der Waals surface area contributed by atoms with Gasteiger partial charge in [-0.15, -0.1) is 0 Å². The number of carbonyl (C=O) groups excluding carboxylic acids is 3. The number of carbonyl (C=O) groups is 3. The molecular formula is C21H21N7O3. The summed E-state index contributed by atoms with van der Waals surface area (Å²) in [4.78, 5) is 40.2. The maximum atomic E-state index is 13.3. The molecular weight excluding hydrogens is 398 g/mol. The van der Waals surface area contributed by atoms with Crippen molar-refractivity contribution in [2.75, 3.05) is 34.4 Å². The average molecular weight is 419 g/mol. The summed E-state index contributed by atoms with van der Waals surface area (Å²) in [6, 6.07) is 12.1. The van der Waals surface area contributed by atoms with Gasteiger partial charge in [0.1, 0.15) is 0 Å². The molecule has 0 saturated carbocycles. The number of nitrogen functional groups attached to an aromatic ring is 6. The monoisotopic (exact) mass is 419 g/mol. The predicted octanol–water partition coefficient (Wildman–Crippen LogP) is 1.30. The van der Waals surface area contributed by atoms with Crippen LogP contribution >= 0.6 is 0 Å². The van der Waals surface area contributed by atoms with Gasteiger partial charge in [-0.25, -0.2) is 4.90 Å². The second-order valence-corrected chi connectivity index (χ2v) is 6.92. The fraction of sp³-hybridized carbons (Fsp3) is 0. The van der Waals surface area contributed by atoms with Crippen molar-refractivity contribution >= 4 is 51.8 Å². The van der Waals surface area contributed by atoms with Gasteiger partial charge in [0, 0.05) is 50.8 Å². The van der Waals surface area contributed by atoms with Crippen LogP contribution in [0.3, 0.4) is 0 Å². The van der Waals surface area contributed by atoms with Gasteiger partial charge < -0.3 is 34.4 Å². The highest BCUT2D eigenvalue weighted by Gasteiger charge is 2.32. The lowest BCUT2D eigenvalue weighted by molar-refractivity contribution is 0.0538. The lowest BCUT2D eigenvalue weighted by atomic mass is 10.1. The van der Waals surface area contributed by atoms with Crippen LogP contribution in [0.15, 0.2) is 54.6 Å². The van der Waals surface area contributed by atoms with E-state index in [1.165, 1.54) is 54.6 Å². The number of rotatable bonds is 3. The second-order valence-electron chi connectivity index (χ2n) is 6.92. The van der Waals surface area contributed by atoms with Crippen LogP contribution in [-0.2, 0) is 0 Å². The predicted molar refractivity (Wildman–Crippen MR) is 121 cm³/mol. The van der Waals surface area contributed by atoms with Crippen molar-refractivity contribution in [3.05, 3.63) is 71.3 Å². The minimum absolute atomic E-state index is 0.0621. The quantitative estimate of drug-likeness (QED) is 0.266. The third kappa shape index (κ3) is 4.48. The largest absolute Gasteiger partial charge is 0.399 e. The minimum Gasteiger partial charge on any atom is -0.399 e. The van der Waals surface area contributed by atoms with Crippen LogP contribution < -0.4 is 34.4 Å². The van der Waals surface area contributed by atoms with Gasteiger partial charge in [0.2, 0.25) is 0 Å². The van der Waals surface area contributed by atoms with Crippen molar-refractivity contribution in [3.63, 3.8) is 0 Å². The molecule has 0 heterocycles. The Morgan fingerprint density at radius 3 is 0.806 bits per heavy atom. The van der Waals surface area contributed by atoms with Crippen LogP contribution in [0.2, 0.25) is 0 Å². The first-order valence-corrected chi connectivity index (χ1v) is 8.96. The highest BCUT2D eigenvalue weighted by atomic mass is 16.2. The lowest BCUT2D eigenvalue weighted by Crippen LogP contribution is -2.42. The Morgan fingerprint density at radius 1 is 0.419 bits per heavy atom. The minimum atomic E-state index is -0.948. The van der Waals surface area contributed by atoms with E-state index in [2.05, 4.69) is 0 Å². The van der Waals surface area contributed by atoms with Crippen LogP contribution in [0.4, 0.5) is 34.1 Å². The first-order valence-electron chi connectivity index (χ1n) is 8.96. The van der Waals surface area contributed by atoms with Crippen molar-refractivity contribution in [1.29, 1.82) is 0 Å². The molecule has 0 aromatic heterocycles. The number of anilines is 6. The Morgan fingerprint density at radius 2 is 0.613 bits per heavy atom. The maximum absolute atomic E-state index is 13.3. The zero-order valence-corrected chi connectivity index (χ0v) is 16.3. The van der Waals surface area contributed by atoms with E-state index < -0.39 is 17.7 Å². The molecule has 0 atom stereocenters. The average Bonchev–Trinajstić information content (AvgIpc) is 2.65. The number of imide groups is 3. The number of hydrogen-bond donors (Lipinski definition) is 6. The number of nitrogens with zero attached hydrogens (tertiary/aromatic N) is 1. The molecule has 0 bridgehead atoms. The van der Waals surface area contributed by atoms with E-state index in [0.29, 0.717) is 4.90 Å². The molecule has 0 aliphatic heterocycles. The summed E-state index contributed by atoms with van der Waals surface area (Å²) in [6.07, 6.45) is 0. The van der Waals surface area contributed by atoms with Crippen molar-refractivity contribution in [2.24, 2.45) is 0 Å². The van der Waals surface area contributed by atoms with Crippen molar-refractivity contribution in [3.8, 4) is 0 Å². The van der Waals surface area contributed by atoms with Crippen molar-refractivity contribution in [1.82, 2.24) is 4.90 Å². The van der Waals surface area contributed by atoms with Crippen molar-refractivity contribution in [2.45, 2.75) is 0 Å². The van der Waals surface area contributed by atoms with Gasteiger partial charge in [0.05, 0.1) is 0 Å². The Labute approximate surface area is 177 Å². The molecule has 0 radical (unpaired) electrons. The van der Waals surface area contributed by atoms with Crippen molar-refractivity contribution < 1.29 is 14.4 Å². The Hall–Kier alpha value is -4.73. The van der Waals surface area contributed by atoms with E-state index in [1.807, 2.05) is 0 Å². The van der Waals surface area contributed by atoms with Crippen LogP contribution in [-0.4, -0.2) is 22.6 Å². The van der Waals surface area contributed by atoms with Crippen LogP contribution in [0.1, 0.15) is 31.1 Å². The molecule has 0 aliphatic rings. The van der Waals surface area contributed by atoms with Gasteiger partial charge in [-0.1, -0.05) is 0 Å². The SMILES string of the molecule is Nc1cc(N)cc(C(=O)N(C(=O)c2cc(N)cc(N)c2)C(=O)c2cc(N)cc(N)c2)c1. The molecule has 0 aliphatic carbocycles. The normalized spacial score (nSPS) is 10.5. The topological polar surface area (TPSA) is 211 Å². The molecule has 0 fully saturated rings. The first-order chi connectivity index (χ1) is 14.5. The molecule has 31 heavy (non-hydrogen) atoms. The van der Waals surface area contributed by atoms with Gasteiger partial charge >= 0.3 is 0 Å². The molecule has 158 valence electrons. The maximum Gasteiger partial charge on any atom is 0.268 e. The molecule has 10 heteroatoms. The number of hydrogen-bond acceptors (Lipinski definition) is 9. The van der Waals surface area contributed by atoms with E-state index in [4.69, 9.17) is 34.4 Å².